The van der Waals surface area contributed by atoms with E-state index in [1.807, 2.05) is 54.2 Å². The molecule has 2 aromatic carbocycles. The molecule has 4 heteroatoms. The van der Waals surface area contributed by atoms with Crippen molar-refractivity contribution in [2.45, 2.75) is 17.8 Å². The Kier molecular flexibility index (Phi) is 4.27. The zero-order valence-electron chi connectivity index (χ0n) is 11.5. The van der Waals surface area contributed by atoms with Crippen molar-refractivity contribution in [3.05, 3.63) is 71.3 Å². The average Bonchev–Trinajstić information content (AvgIpc) is 2.53. The van der Waals surface area contributed by atoms with Gasteiger partial charge in [-0.25, -0.2) is 0 Å². The minimum Gasteiger partial charge on any atom is -0.480 e. The molecule has 0 radical (unpaired) electrons. The van der Waals surface area contributed by atoms with Crippen LogP contribution in [0.2, 0.25) is 0 Å². The fourth-order valence-corrected chi connectivity index (χ4v) is 3.79. The molecule has 2 aromatic rings. The number of thioether (sulfide) groups is 1. The molecule has 2 N–H and O–H groups in total. The highest BCUT2D eigenvalue weighted by molar-refractivity contribution is 7.98. The lowest BCUT2D eigenvalue weighted by Gasteiger charge is -2.29. The Hall–Kier alpha value is -1.78. The van der Waals surface area contributed by atoms with Crippen LogP contribution >= 0.6 is 11.8 Å². The van der Waals surface area contributed by atoms with Crippen molar-refractivity contribution < 1.29 is 9.90 Å². The van der Waals surface area contributed by atoms with Gasteiger partial charge >= 0.3 is 5.97 Å². The maximum atomic E-state index is 11.6. The standard InChI is InChI=1S/C17H17NO2S/c19-17(20)16(12-6-2-1-3-7-12)18-15-11-21-10-13-8-4-5-9-14(13)15/h1-9,15-16,18H,10-11H2,(H,19,20). The lowest BCUT2D eigenvalue weighted by molar-refractivity contribution is -0.139. The molecule has 2 atom stereocenters. The summed E-state index contributed by atoms with van der Waals surface area (Å²) < 4.78 is 0. The van der Waals surface area contributed by atoms with Gasteiger partial charge in [-0.05, 0) is 16.7 Å². The molecule has 1 aliphatic heterocycles. The van der Waals surface area contributed by atoms with Crippen LogP contribution in [0.3, 0.4) is 0 Å². The Morgan fingerprint density at radius 1 is 1.14 bits per heavy atom. The first kappa shape index (κ1) is 14.2. The van der Waals surface area contributed by atoms with Crippen molar-refractivity contribution in [1.82, 2.24) is 5.32 Å². The second-order valence-corrected chi connectivity index (χ2v) is 6.15. The predicted octanol–water partition coefficient (Wildman–Crippen LogP) is 3.39. The number of benzene rings is 2. The number of carboxylic acid groups (broad SMARTS) is 1. The molecule has 108 valence electrons. The minimum atomic E-state index is -0.839. The zero-order valence-corrected chi connectivity index (χ0v) is 12.3. The molecule has 0 saturated heterocycles. The smallest absolute Gasteiger partial charge is 0.325 e. The summed E-state index contributed by atoms with van der Waals surface area (Å²) in [6, 6.07) is 17.0. The Morgan fingerprint density at radius 2 is 1.86 bits per heavy atom. The normalized spacial score (nSPS) is 18.8. The summed E-state index contributed by atoms with van der Waals surface area (Å²) in [5.74, 6) is 1.06. The van der Waals surface area contributed by atoms with Crippen LogP contribution in [0.5, 0.6) is 0 Å². The summed E-state index contributed by atoms with van der Waals surface area (Å²) in [4.78, 5) is 11.6. The largest absolute Gasteiger partial charge is 0.480 e. The van der Waals surface area contributed by atoms with E-state index in [0.717, 1.165) is 17.1 Å². The number of rotatable bonds is 4. The fourth-order valence-electron chi connectivity index (χ4n) is 2.68. The summed E-state index contributed by atoms with van der Waals surface area (Å²) in [6.07, 6.45) is 0. The molecule has 21 heavy (non-hydrogen) atoms. The molecule has 0 bridgehead atoms. The van der Waals surface area contributed by atoms with Gasteiger partial charge in [-0.3, -0.25) is 10.1 Å². The highest BCUT2D eigenvalue weighted by Gasteiger charge is 2.27. The summed E-state index contributed by atoms with van der Waals surface area (Å²) in [6.45, 7) is 0. The van der Waals surface area contributed by atoms with E-state index in [1.165, 1.54) is 11.1 Å². The molecule has 0 aromatic heterocycles. The lowest BCUT2D eigenvalue weighted by Crippen LogP contribution is -2.34. The number of hydrogen-bond donors (Lipinski definition) is 2. The molecule has 0 amide bonds. The topological polar surface area (TPSA) is 49.3 Å². The summed E-state index contributed by atoms with van der Waals surface area (Å²) in [5.41, 5.74) is 3.31. The van der Waals surface area contributed by atoms with Crippen LogP contribution in [0, 0.1) is 0 Å². The molecule has 1 aliphatic rings. The van der Waals surface area contributed by atoms with Crippen molar-refractivity contribution in [3.63, 3.8) is 0 Å². The van der Waals surface area contributed by atoms with Gasteiger partial charge in [-0.15, -0.1) is 0 Å². The third-order valence-electron chi connectivity index (χ3n) is 3.72. The van der Waals surface area contributed by atoms with E-state index in [2.05, 4.69) is 17.4 Å². The van der Waals surface area contributed by atoms with Gasteiger partial charge in [0.2, 0.25) is 0 Å². The number of carboxylic acids is 1. The maximum absolute atomic E-state index is 11.6. The molecule has 1 heterocycles. The quantitative estimate of drug-likeness (QED) is 0.908. The Balaban J connectivity index is 1.86. The van der Waals surface area contributed by atoms with Gasteiger partial charge < -0.3 is 5.11 Å². The van der Waals surface area contributed by atoms with Crippen molar-refractivity contribution in [3.8, 4) is 0 Å². The number of carbonyl (C=O) groups is 1. The number of fused-ring (bicyclic) bond motifs is 1. The zero-order chi connectivity index (χ0) is 14.7. The van der Waals surface area contributed by atoms with Gasteiger partial charge in [-0.1, -0.05) is 54.6 Å². The summed E-state index contributed by atoms with van der Waals surface area (Å²) in [7, 11) is 0. The van der Waals surface area contributed by atoms with Crippen molar-refractivity contribution in [2.75, 3.05) is 5.75 Å². The third kappa shape index (κ3) is 3.12. The second-order valence-electron chi connectivity index (χ2n) is 5.12. The first-order valence-corrected chi connectivity index (χ1v) is 8.10. The SMILES string of the molecule is O=C(O)C(NC1CSCc2ccccc21)c1ccccc1. The first-order valence-electron chi connectivity index (χ1n) is 6.95. The van der Waals surface area contributed by atoms with E-state index >= 15 is 0 Å². The molecule has 3 nitrogen and oxygen atoms in total. The molecule has 0 fully saturated rings. The van der Waals surface area contributed by atoms with Gasteiger partial charge in [0.15, 0.2) is 0 Å². The van der Waals surface area contributed by atoms with Crippen molar-refractivity contribution in [2.24, 2.45) is 0 Å². The minimum absolute atomic E-state index is 0.0706. The average molecular weight is 299 g/mol. The van der Waals surface area contributed by atoms with E-state index < -0.39 is 12.0 Å². The molecular formula is C17H17NO2S. The highest BCUT2D eigenvalue weighted by atomic mass is 32.2. The Morgan fingerprint density at radius 3 is 2.62 bits per heavy atom. The van der Waals surface area contributed by atoms with Crippen LogP contribution in [-0.4, -0.2) is 16.8 Å². The Bertz CT molecular complexity index is 630. The first-order chi connectivity index (χ1) is 10.3. The molecule has 3 rings (SSSR count). The van der Waals surface area contributed by atoms with Crippen LogP contribution in [0.1, 0.15) is 28.8 Å². The Labute approximate surface area is 128 Å². The molecule has 0 saturated carbocycles. The molecule has 0 spiro atoms. The van der Waals surface area contributed by atoms with E-state index in [9.17, 15) is 9.90 Å². The number of hydrogen-bond acceptors (Lipinski definition) is 3. The molecular weight excluding hydrogens is 282 g/mol. The van der Waals surface area contributed by atoms with Gasteiger partial charge in [0.05, 0.1) is 0 Å². The molecule has 2 unspecified atom stereocenters. The third-order valence-corrected chi connectivity index (χ3v) is 4.80. The van der Waals surface area contributed by atoms with E-state index in [4.69, 9.17) is 0 Å². The van der Waals surface area contributed by atoms with Crippen LogP contribution in [0.15, 0.2) is 54.6 Å². The van der Waals surface area contributed by atoms with Crippen LogP contribution in [-0.2, 0) is 10.5 Å². The lowest BCUT2D eigenvalue weighted by atomic mass is 9.99. The monoisotopic (exact) mass is 299 g/mol. The van der Waals surface area contributed by atoms with E-state index in [1.54, 1.807) is 0 Å². The fraction of sp³-hybridized carbons (Fsp3) is 0.235. The van der Waals surface area contributed by atoms with E-state index in [-0.39, 0.29) is 6.04 Å². The van der Waals surface area contributed by atoms with Crippen LogP contribution < -0.4 is 5.32 Å². The number of nitrogens with one attached hydrogen (secondary N) is 1. The highest BCUT2D eigenvalue weighted by Crippen LogP contribution is 2.33. The van der Waals surface area contributed by atoms with Crippen molar-refractivity contribution in [1.29, 1.82) is 0 Å². The van der Waals surface area contributed by atoms with E-state index in [0.29, 0.717) is 0 Å². The maximum Gasteiger partial charge on any atom is 0.325 e. The van der Waals surface area contributed by atoms with Crippen LogP contribution in [0.25, 0.3) is 0 Å². The molecule has 0 aliphatic carbocycles. The second kappa shape index (κ2) is 6.33. The summed E-state index contributed by atoms with van der Waals surface area (Å²) in [5, 5.41) is 12.8. The predicted molar refractivity (Wildman–Crippen MR) is 85.3 cm³/mol. The van der Waals surface area contributed by atoms with Gasteiger partial charge in [0.25, 0.3) is 0 Å². The van der Waals surface area contributed by atoms with Gasteiger partial charge in [0, 0.05) is 17.5 Å². The van der Waals surface area contributed by atoms with Crippen molar-refractivity contribution >= 4 is 17.7 Å². The summed E-state index contributed by atoms with van der Waals surface area (Å²) >= 11 is 1.84. The number of aliphatic carboxylic acids is 1. The van der Waals surface area contributed by atoms with Gasteiger partial charge in [-0.2, -0.15) is 11.8 Å². The van der Waals surface area contributed by atoms with Crippen LogP contribution in [0.4, 0.5) is 0 Å². The van der Waals surface area contributed by atoms with Gasteiger partial charge in [0.1, 0.15) is 6.04 Å².